The van der Waals surface area contributed by atoms with Crippen LogP contribution < -0.4 is 4.72 Å². The van der Waals surface area contributed by atoms with E-state index in [4.69, 9.17) is 27.9 Å². The number of sulfonamides is 2. The van der Waals surface area contributed by atoms with Gasteiger partial charge in [-0.25, -0.2) is 21.6 Å². The molecule has 27 heavy (non-hydrogen) atoms. The van der Waals surface area contributed by atoms with E-state index >= 15 is 0 Å². The number of morpholine rings is 1. The fourth-order valence-electron chi connectivity index (χ4n) is 2.44. The highest BCUT2D eigenvalue weighted by Gasteiger charge is 2.28. The summed E-state index contributed by atoms with van der Waals surface area (Å²) in [5.41, 5.74) is 0. The van der Waals surface area contributed by atoms with E-state index in [-0.39, 0.29) is 25.7 Å². The lowest BCUT2D eigenvalue weighted by atomic mass is 10.4. The molecule has 2 heterocycles. The third-order valence-corrected chi connectivity index (χ3v) is 9.05. The van der Waals surface area contributed by atoms with E-state index in [1.807, 2.05) is 0 Å². The predicted octanol–water partition coefficient (Wildman–Crippen LogP) is 2.55. The molecule has 12 heteroatoms. The van der Waals surface area contributed by atoms with Crippen molar-refractivity contribution in [1.82, 2.24) is 9.03 Å². The minimum atomic E-state index is -3.84. The number of nitrogens with one attached hydrogen (secondary N) is 1. The molecule has 148 valence electrons. The van der Waals surface area contributed by atoms with Crippen molar-refractivity contribution in [3.05, 3.63) is 45.3 Å². The van der Waals surface area contributed by atoms with Gasteiger partial charge in [-0.05, 0) is 30.3 Å². The largest absolute Gasteiger partial charge is 0.379 e. The summed E-state index contributed by atoms with van der Waals surface area (Å²) in [6.45, 7) is 1.28. The van der Waals surface area contributed by atoms with E-state index in [2.05, 4.69) is 4.72 Å². The first-order valence-electron chi connectivity index (χ1n) is 7.81. The maximum Gasteiger partial charge on any atom is 0.252 e. The van der Waals surface area contributed by atoms with Crippen LogP contribution in [0.4, 0.5) is 0 Å². The van der Waals surface area contributed by atoms with Crippen LogP contribution in [0.25, 0.3) is 0 Å². The predicted molar refractivity (Wildman–Crippen MR) is 104 cm³/mol. The molecular formula is C15H16Cl2N2O5S3. The molecule has 0 amide bonds. The molecule has 1 aromatic heterocycles. The summed E-state index contributed by atoms with van der Waals surface area (Å²) in [6.07, 6.45) is 0. The van der Waals surface area contributed by atoms with Crippen molar-refractivity contribution in [1.29, 1.82) is 0 Å². The molecule has 1 aliphatic rings. The van der Waals surface area contributed by atoms with Gasteiger partial charge in [-0.3, -0.25) is 0 Å². The van der Waals surface area contributed by atoms with Crippen LogP contribution in [0.1, 0.15) is 4.88 Å². The van der Waals surface area contributed by atoms with Gasteiger partial charge >= 0.3 is 0 Å². The first-order chi connectivity index (χ1) is 12.7. The molecule has 0 aliphatic carbocycles. The second-order valence-corrected chi connectivity index (χ2v) is 11.6. The number of hydrogen-bond donors (Lipinski definition) is 1. The van der Waals surface area contributed by atoms with Crippen molar-refractivity contribution in [2.45, 2.75) is 15.6 Å². The van der Waals surface area contributed by atoms with E-state index in [0.29, 0.717) is 31.2 Å². The summed E-state index contributed by atoms with van der Waals surface area (Å²) in [5.74, 6) is 0. The zero-order chi connectivity index (χ0) is 19.7. The van der Waals surface area contributed by atoms with Gasteiger partial charge in [0, 0.05) is 34.6 Å². The quantitative estimate of drug-likeness (QED) is 0.699. The Kier molecular flexibility index (Phi) is 6.48. The molecule has 0 atom stereocenters. The van der Waals surface area contributed by atoms with Gasteiger partial charge in [0.2, 0.25) is 10.0 Å². The molecule has 7 nitrogen and oxygen atoms in total. The van der Waals surface area contributed by atoms with Crippen molar-refractivity contribution in [2.75, 3.05) is 26.3 Å². The van der Waals surface area contributed by atoms with Crippen LogP contribution in [-0.4, -0.2) is 47.4 Å². The van der Waals surface area contributed by atoms with Crippen molar-refractivity contribution >= 4 is 54.6 Å². The van der Waals surface area contributed by atoms with Crippen molar-refractivity contribution in [3.63, 3.8) is 0 Å². The zero-order valence-corrected chi connectivity index (χ0v) is 17.9. The van der Waals surface area contributed by atoms with Crippen LogP contribution in [0.5, 0.6) is 0 Å². The first-order valence-corrected chi connectivity index (χ1v) is 12.3. The molecule has 1 N–H and O–H groups in total. The maximum atomic E-state index is 12.6. The standard InChI is InChI=1S/C15H16Cl2N2O5S3/c16-11-7-12(17)9-14(8-11)26(20,21)18-10-13-1-2-15(25-13)27(22,23)19-3-5-24-6-4-19/h1-2,7-9,18H,3-6,10H2. The van der Waals surface area contributed by atoms with Crippen molar-refractivity contribution in [2.24, 2.45) is 0 Å². The molecule has 0 radical (unpaired) electrons. The average Bonchev–Trinajstić information content (AvgIpc) is 3.10. The van der Waals surface area contributed by atoms with Gasteiger partial charge in [-0.15, -0.1) is 11.3 Å². The van der Waals surface area contributed by atoms with E-state index in [1.54, 1.807) is 6.07 Å². The summed E-state index contributed by atoms with van der Waals surface area (Å²) in [5, 5.41) is 0.413. The topological polar surface area (TPSA) is 92.8 Å². The summed E-state index contributed by atoms with van der Waals surface area (Å²) in [6, 6.07) is 7.09. The van der Waals surface area contributed by atoms with Gasteiger partial charge in [0.1, 0.15) is 4.21 Å². The van der Waals surface area contributed by atoms with Crippen molar-refractivity contribution in [3.8, 4) is 0 Å². The molecule has 2 aromatic rings. The molecule has 1 aliphatic heterocycles. The number of ether oxygens (including phenoxy) is 1. The zero-order valence-electron chi connectivity index (χ0n) is 13.9. The third-order valence-electron chi connectivity index (χ3n) is 3.78. The molecule has 3 rings (SSSR count). The highest BCUT2D eigenvalue weighted by molar-refractivity contribution is 7.91. The monoisotopic (exact) mass is 470 g/mol. The lowest BCUT2D eigenvalue weighted by Gasteiger charge is -2.25. The lowest BCUT2D eigenvalue weighted by molar-refractivity contribution is 0.0731. The molecular weight excluding hydrogens is 455 g/mol. The number of halogens is 2. The summed E-state index contributed by atoms with van der Waals surface area (Å²) in [4.78, 5) is 0.510. The summed E-state index contributed by atoms with van der Waals surface area (Å²) < 4.78 is 59.2. The molecule has 1 fully saturated rings. The Morgan fingerprint density at radius 2 is 1.67 bits per heavy atom. The Labute approximate surface area is 171 Å². The van der Waals surface area contributed by atoms with E-state index in [0.717, 1.165) is 11.3 Å². The molecule has 0 unspecified atom stereocenters. The fourth-order valence-corrected chi connectivity index (χ4v) is 7.12. The van der Waals surface area contributed by atoms with E-state index < -0.39 is 20.0 Å². The summed E-state index contributed by atoms with van der Waals surface area (Å²) >= 11 is 12.7. The van der Waals surface area contributed by atoms with E-state index in [9.17, 15) is 16.8 Å². The fraction of sp³-hybridized carbons (Fsp3) is 0.333. The van der Waals surface area contributed by atoms with Gasteiger partial charge < -0.3 is 4.74 Å². The molecule has 1 aromatic carbocycles. The normalized spacial score (nSPS) is 16.5. The number of nitrogens with zero attached hydrogens (tertiary/aromatic N) is 1. The SMILES string of the molecule is O=S(=O)(NCc1ccc(S(=O)(=O)N2CCOCC2)s1)c1cc(Cl)cc(Cl)c1. The summed E-state index contributed by atoms with van der Waals surface area (Å²) in [7, 11) is -7.44. The van der Waals surface area contributed by atoms with Crippen LogP contribution in [-0.2, 0) is 31.3 Å². The van der Waals surface area contributed by atoms with E-state index in [1.165, 1.54) is 28.6 Å². The number of thiophene rings is 1. The van der Waals surface area contributed by atoms with Gasteiger partial charge in [0.15, 0.2) is 0 Å². The second-order valence-electron chi connectivity index (χ2n) is 5.67. The Bertz CT molecular complexity index is 1010. The molecule has 0 saturated carbocycles. The maximum absolute atomic E-state index is 12.6. The van der Waals surface area contributed by atoms with Crippen LogP contribution in [0.2, 0.25) is 10.0 Å². The van der Waals surface area contributed by atoms with Crippen LogP contribution in [0.3, 0.4) is 0 Å². The molecule has 0 spiro atoms. The van der Waals surface area contributed by atoms with Crippen molar-refractivity contribution < 1.29 is 21.6 Å². The highest BCUT2D eigenvalue weighted by Crippen LogP contribution is 2.26. The third kappa shape index (κ3) is 5.01. The number of hydrogen-bond acceptors (Lipinski definition) is 6. The molecule has 0 bridgehead atoms. The first kappa shape index (κ1) is 21.0. The Balaban J connectivity index is 1.72. The average molecular weight is 471 g/mol. The van der Waals surface area contributed by atoms with Crippen LogP contribution >= 0.6 is 34.5 Å². The minimum absolute atomic E-state index is 0.0459. The smallest absolute Gasteiger partial charge is 0.252 e. The minimum Gasteiger partial charge on any atom is -0.379 e. The van der Waals surface area contributed by atoms with Crippen LogP contribution in [0.15, 0.2) is 39.4 Å². The Hall–Kier alpha value is -0.720. The van der Waals surface area contributed by atoms with Crippen LogP contribution in [0, 0.1) is 0 Å². The van der Waals surface area contributed by atoms with Gasteiger partial charge in [-0.1, -0.05) is 23.2 Å². The second kappa shape index (κ2) is 8.34. The number of rotatable bonds is 6. The van der Waals surface area contributed by atoms with Gasteiger partial charge in [0.25, 0.3) is 10.0 Å². The number of benzene rings is 1. The lowest BCUT2D eigenvalue weighted by Crippen LogP contribution is -2.40. The Morgan fingerprint density at radius 1 is 1.04 bits per heavy atom. The molecule has 1 saturated heterocycles. The van der Waals surface area contributed by atoms with Gasteiger partial charge in [0.05, 0.1) is 18.1 Å². The highest BCUT2D eigenvalue weighted by atomic mass is 35.5. The Morgan fingerprint density at radius 3 is 2.30 bits per heavy atom. The van der Waals surface area contributed by atoms with Gasteiger partial charge in [-0.2, -0.15) is 4.31 Å².